The maximum atomic E-state index is 13.2. The lowest BCUT2D eigenvalue weighted by molar-refractivity contribution is -0.141. The molecule has 0 aliphatic rings. The van der Waals surface area contributed by atoms with E-state index in [1.54, 1.807) is 23.8 Å². The predicted octanol–water partition coefficient (Wildman–Crippen LogP) is 3.62. The van der Waals surface area contributed by atoms with Crippen LogP contribution in [0.2, 0.25) is 0 Å². The zero-order valence-corrected chi connectivity index (χ0v) is 19.7. The Balaban J connectivity index is 2.15. The average Bonchev–Trinajstić information content (AvgIpc) is 3.16. The molecule has 0 N–H and O–H groups in total. The van der Waals surface area contributed by atoms with E-state index in [-0.39, 0.29) is 24.3 Å². The van der Waals surface area contributed by atoms with Crippen molar-refractivity contribution in [3.8, 4) is 0 Å². The molecule has 6 nitrogen and oxygen atoms in total. The molecule has 2 amide bonds. The lowest BCUT2D eigenvalue weighted by Gasteiger charge is -2.29. The molecule has 2 aromatic rings. The van der Waals surface area contributed by atoms with Crippen LogP contribution in [0.25, 0.3) is 0 Å². The number of hydrogen-bond acceptors (Lipinski definition) is 3. The van der Waals surface area contributed by atoms with Crippen LogP contribution in [-0.4, -0.2) is 64.9 Å². The fourth-order valence-corrected chi connectivity index (χ4v) is 3.54. The molecule has 31 heavy (non-hydrogen) atoms. The highest BCUT2D eigenvalue weighted by Gasteiger charge is 2.25. The Kier molecular flexibility index (Phi) is 10.1. The third-order valence-corrected chi connectivity index (χ3v) is 5.14. The Morgan fingerprint density at radius 3 is 2.39 bits per heavy atom. The summed E-state index contributed by atoms with van der Waals surface area (Å²) in [5.74, 6) is -0.0959. The van der Waals surface area contributed by atoms with Crippen LogP contribution in [0.3, 0.4) is 0 Å². The van der Waals surface area contributed by atoms with Gasteiger partial charge in [0, 0.05) is 38.6 Å². The molecule has 0 fully saturated rings. The minimum atomic E-state index is -0.665. The number of halogens is 1. The number of benzene rings is 1. The molecule has 0 radical (unpaired) electrons. The predicted molar refractivity (Wildman–Crippen MR) is 124 cm³/mol. The molecule has 0 bridgehead atoms. The maximum absolute atomic E-state index is 13.2. The number of aromatic nitrogens is 1. The van der Waals surface area contributed by atoms with Crippen LogP contribution in [0.5, 0.6) is 0 Å². The number of ether oxygens (including phenoxy) is 1. The van der Waals surface area contributed by atoms with Crippen molar-refractivity contribution in [2.45, 2.75) is 39.2 Å². The van der Waals surface area contributed by atoms with Crippen LogP contribution < -0.4 is 0 Å². The number of methoxy groups -OCH3 is 1. The van der Waals surface area contributed by atoms with E-state index in [2.05, 4.69) is 16.7 Å². The van der Waals surface area contributed by atoms with Crippen LogP contribution in [0.15, 0.2) is 48.7 Å². The molecule has 1 aromatic heterocycles. The Hall–Kier alpha value is -2.31. The second-order valence-electron chi connectivity index (χ2n) is 8.15. The second kappa shape index (κ2) is 12.5. The van der Waals surface area contributed by atoms with Gasteiger partial charge < -0.3 is 19.1 Å². The van der Waals surface area contributed by atoms with Gasteiger partial charge in [0.25, 0.3) is 0 Å². The van der Waals surface area contributed by atoms with Crippen LogP contribution in [0, 0.1) is 5.92 Å². The molecule has 7 heteroatoms. The van der Waals surface area contributed by atoms with Gasteiger partial charge in [-0.15, -0.1) is 11.6 Å². The van der Waals surface area contributed by atoms with Gasteiger partial charge in [0.15, 0.2) is 0 Å². The average molecular weight is 448 g/mol. The third kappa shape index (κ3) is 8.04. The Morgan fingerprint density at radius 1 is 1.06 bits per heavy atom. The fraction of sp³-hybridized carbons (Fsp3) is 0.500. The molecule has 0 saturated carbocycles. The van der Waals surface area contributed by atoms with Crippen molar-refractivity contribution in [3.63, 3.8) is 0 Å². The number of nitrogens with zero attached hydrogens (tertiary/aromatic N) is 3. The van der Waals surface area contributed by atoms with E-state index >= 15 is 0 Å². The number of carbonyl (C=O) groups excluding carboxylic acids is 2. The van der Waals surface area contributed by atoms with E-state index in [1.807, 2.05) is 50.4 Å². The Labute approximate surface area is 190 Å². The number of carbonyl (C=O) groups is 2. The topological polar surface area (TPSA) is 54.8 Å². The van der Waals surface area contributed by atoms with Crippen LogP contribution in [0.1, 0.15) is 32.0 Å². The van der Waals surface area contributed by atoms with Crippen LogP contribution in [0.4, 0.5) is 0 Å². The standard InChI is InChI=1S/C24H34ClN3O3/c1-19(2)15-28(24(30)20(3)25)18-23(29)27(13-14-31-4)17-22-11-8-12-26(22)16-21-9-6-5-7-10-21/h5-12,19-20H,13-18H2,1-4H3. The number of alkyl halides is 1. The number of rotatable bonds is 12. The SMILES string of the molecule is COCCN(Cc1cccn1Cc1ccccc1)C(=O)CN(CC(C)C)C(=O)C(C)Cl. The van der Waals surface area contributed by atoms with E-state index in [0.29, 0.717) is 26.2 Å². The third-order valence-electron chi connectivity index (χ3n) is 4.95. The van der Waals surface area contributed by atoms with E-state index in [9.17, 15) is 9.59 Å². The summed E-state index contributed by atoms with van der Waals surface area (Å²) in [6, 6.07) is 14.2. The fourth-order valence-electron chi connectivity index (χ4n) is 3.40. The molecule has 0 spiro atoms. The van der Waals surface area contributed by atoms with Crippen molar-refractivity contribution in [1.29, 1.82) is 0 Å². The second-order valence-corrected chi connectivity index (χ2v) is 8.80. The molecule has 0 saturated heterocycles. The summed E-state index contributed by atoms with van der Waals surface area (Å²) in [6.45, 7) is 8.23. The first-order chi connectivity index (χ1) is 14.8. The quantitative estimate of drug-likeness (QED) is 0.467. The summed E-state index contributed by atoms with van der Waals surface area (Å²) in [5, 5.41) is -0.665. The minimum absolute atomic E-state index is 0.0111. The minimum Gasteiger partial charge on any atom is -0.383 e. The molecule has 2 rings (SSSR count). The van der Waals surface area contributed by atoms with Gasteiger partial charge in [-0.3, -0.25) is 9.59 Å². The molecule has 0 aliphatic heterocycles. The Bertz CT molecular complexity index is 820. The highest BCUT2D eigenvalue weighted by molar-refractivity contribution is 6.30. The van der Waals surface area contributed by atoms with Gasteiger partial charge in [-0.25, -0.2) is 0 Å². The molecule has 170 valence electrons. The van der Waals surface area contributed by atoms with Gasteiger partial charge in [-0.2, -0.15) is 0 Å². The lowest BCUT2D eigenvalue weighted by Crippen LogP contribution is -2.46. The summed E-state index contributed by atoms with van der Waals surface area (Å²) in [7, 11) is 1.62. The van der Waals surface area contributed by atoms with Crippen molar-refractivity contribution in [2.24, 2.45) is 5.92 Å². The summed E-state index contributed by atoms with van der Waals surface area (Å²) >= 11 is 6.03. The highest BCUT2D eigenvalue weighted by Crippen LogP contribution is 2.12. The van der Waals surface area contributed by atoms with E-state index in [0.717, 1.165) is 12.2 Å². The largest absolute Gasteiger partial charge is 0.383 e. The van der Waals surface area contributed by atoms with Crippen LogP contribution >= 0.6 is 11.6 Å². The van der Waals surface area contributed by atoms with E-state index < -0.39 is 5.38 Å². The highest BCUT2D eigenvalue weighted by atomic mass is 35.5. The first-order valence-electron chi connectivity index (χ1n) is 10.7. The monoisotopic (exact) mass is 447 g/mol. The van der Waals surface area contributed by atoms with Crippen molar-refractivity contribution >= 4 is 23.4 Å². The van der Waals surface area contributed by atoms with Crippen LogP contribution in [-0.2, 0) is 27.4 Å². The molecule has 0 aliphatic carbocycles. The molecular formula is C24H34ClN3O3. The van der Waals surface area contributed by atoms with Gasteiger partial charge in [0.05, 0.1) is 19.7 Å². The summed E-state index contributed by atoms with van der Waals surface area (Å²) in [5.41, 5.74) is 2.22. The molecule has 1 aromatic carbocycles. The van der Waals surface area contributed by atoms with Gasteiger partial charge in [0.2, 0.25) is 11.8 Å². The zero-order valence-electron chi connectivity index (χ0n) is 19.0. The molecule has 1 atom stereocenters. The molecule has 1 unspecified atom stereocenters. The van der Waals surface area contributed by atoms with Crippen molar-refractivity contribution in [2.75, 3.05) is 33.4 Å². The summed E-state index contributed by atoms with van der Waals surface area (Å²) in [6.07, 6.45) is 2.02. The maximum Gasteiger partial charge on any atom is 0.242 e. The normalized spacial score (nSPS) is 12.1. The van der Waals surface area contributed by atoms with Crippen molar-refractivity contribution in [1.82, 2.24) is 14.4 Å². The lowest BCUT2D eigenvalue weighted by atomic mass is 10.2. The number of hydrogen-bond donors (Lipinski definition) is 0. The van der Waals surface area contributed by atoms with E-state index in [4.69, 9.17) is 16.3 Å². The van der Waals surface area contributed by atoms with E-state index in [1.165, 1.54) is 5.56 Å². The molecular weight excluding hydrogens is 414 g/mol. The first kappa shape index (κ1) is 25.0. The van der Waals surface area contributed by atoms with Gasteiger partial charge >= 0.3 is 0 Å². The van der Waals surface area contributed by atoms with Gasteiger partial charge in [-0.05, 0) is 30.5 Å². The Morgan fingerprint density at radius 2 is 1.77 bits per heavy atom. The summed E-state index contributed by atoms with van der Waals surface area (Å²) < 4.78 is 7.36. The smallest absolute Gasteiger partial charge is 0.242 e. The summed E-state index contributed by atoms with van der Waals surface area (Å²) in [4.78, 5) is 29.0. The van der Waals surface area contributed by atoms with Crippen molar-refractivity contribution in [3.05, 3.63) is 59.9 Å². The first-order valence-corrected chi connectivity index (χ1v) is 11.1. The zero-order chi connectivity index (χ0) is 22.8. The van der Waals surface area contributed by atoms with Gasteiger partial charge in [0.1, 0.15) is 5.38 Å². The van der Waals surface area contributed by atoms with Gasteiger partial charge in [-0.1, -0.05) is 44.2 Å². The number of amides is 2. The van der Waals surface area contributed by atoms with Crippen molar-refractivity contribution < 1.29 is 14.3 Å². The molecule has 1 heterocycles.